The van der Waals surface area contributed by atoms with Crippen molar-refractivity contribution in [2.24, 2.45) is 0 Å². The molecular formula is C29H29ClN4. The Kier molecular flexibility index (Phi) is 6.89. The standard InChI is InChI=1S/C29H29ClN4/c1-21-9-8-14-24(17-21)31-28-26-18-25(15-16-27(26)32-29(30)33-28)34(19-22-10-4-2-5-11-22)20-23-12-6-3-7-13-23/h2-14,17,25H,15-16,18-20H2,1H3,(H,31,32,33). The highest BCUT2D eigenvalue weighted by Gasteiger charge is 2.28. The number of anilines is 2. The lowest BCUT2D eigenvalue weighted by atomic mass is 9.90. The third-order valence-electron chi connectivity index (χ3n) is 6.47. The van der Waals surface area contributed by atoms with Gasteiger partial charge in [0, 0.05) is 30.4 Å². The third-order valence-corrected chi connectivity index (χ3v) is 6.64. The lowest BCUT2D eigenvalue weighted by molar-refractivity contribution is 0.161. The zero-order valence-corrected chi connectivity index (χ0v) is 20.2. The number of halogens is 1. The summed E-state index contributed by atoms with van der Waals surface area (Å²) in [5, 5.41) is 3.82. The van der Waals surface area contributed by atoms with Gasteiger partial charge in [-0.05, 0) is 66.6 Å². The summed E-state index contributed by atoms with van der Waals surface area (Å²) in [5.74, 6) is 0.824. The molecule has 1 atom stereocenters. The summed E-state index contributed by atoms with van der Waals surface area (Å²) in [7, 11) is 0. The smallest absolute Gasteiger partial charge is 0.224 e. The summed E-state index contributed by atoms with van der Waals surface area (Å²) < 4.78 is 0. The Morgan fingerprint density at radius 3 is 2.21 bits per heavy atom. The molecule has 0 spiro atoms. The van der Waals surface area contributed by atoms with Crippen molar-refractivity contribution in [1.29, 1.82) is 0 Å². The fourth-order valence-electron chi connectivity index (χ4n) is 4.79. The van der Waals surface area contributed by atoms with Crippen LogP contribution in [0.25, 0.3) is 0 Å². The fraction of sp³-hybridized carbons (Fsp3) is 0.241. The van der Waals surface area contributed by atoms with Gasteiger partial charge in [0.15, 0.2) is 0 Å². The maximum Gasteiger partial charge on any atom is 0.224 e. The molecule has 0 saturated heterocycles. The van der Waals surface area contributed by atoms with E-state index in [2.05, 4.69) is 112 Å². The van der Waals surface area contributed by atoms with E-state index in [1.54, 1.807) is 0 Å². The molecule has 5 rings (SSSR count). The first kappa shape index (κ1) is 22.6. The average Bonchev–Trinajstić information content (AvgIpc) is 2.85. The second kappa shape index (κ2) is 10.4. The zero-order valence-electron chi connectivity index (χ0n) is 19.4. The predicted molar refractivity (Wildman–Crippen MR) is 139 cm³/mol. The van der Waals surface area contributed by atoms with Crippen LogP contribution in [0.2, 0.25) is 5.28 Å². The first-order valence-electron chi connectivity index (χ1n) is 11.8. The zero-order chi connectivity index (χ0) is 23.3. The first-order chi connectivity index (χ1) is 16.6. The molecule has 1 aliphatic rings. The van der Waals surface area contributed by atoms with E-state index in [1.165, 1.54) is 22.3 Å². The molecule has 3 aromatic carbocycles. The predicted octanol–water partition coefficient (Wildman–Crippen LogP) is 6.74. The Bertz CT molecular complexity index is 1200. The van der Waals surface area contributed by atoms with E-state index in [0.717, 1.165) is 49.6 Å². The number of aromatic nitrogens is 2. The van der Waals surface area contributed by atoms with Gasteiger partial charge in [-0.2, -0.15) is 0 Å². The van der Waals surface area contributed by atoms with Crippen LogP contribution in [0.1, 0.15) is 34.4 Å². The monoisotopic (exact) mass is 468 g/mol. The van der Waals surface area contributed by atoms with E-state index in [0.29, 0.717) is 11.3 Å². The van der Waals surface area contributed by atoms with Gasteiger partial charge in [-0.25, -0.2) is 9.97 Å². The summed E-state index contributed by atoms with van der Waals surface area (Å²) in [6.45, 7) is 3.91. The lowest BCUT2D eigenvalue weighted by Crippen LogP contribution is -2.39. The van der Waals surface area contributed by atoms with Crippen LogP contribution in [-0.4, -0.2) is 20.9 Å². The van der Waals surface area contributed by atoms with Crippen LogP contribution >= 0.6 is 11.6 Å². The minimum absolute atomic E-state index is 0.304. The normalized spacial score (nSPS) is 15.2. The Morgan fingerprint density at radius 2 is 1.56 bits per heavy atom. The Balaban J connectivity index is 1.44. The van der Waals surface area contributed by atoms with Crippen LogP contribution in [0, 0.1) is 6.92 Å². The summed E-state index contributed by atoms with van der Waals surface area (Å²) >= 11 is 6.32. The summed E-state index contributed by atoms with van der Waals surface area (Å²) in [6, 6.07) is 30.2. The van der Waals surface area contributed by atoms with E-state index in [4.69, 9.17) is 11.6 Å². The minimum Gasteiger partial charge on any atom is -0.340 e. The molecule has 1 unspecified atom stereocenters. The van der Waals surface area contributed by atoms with Crippen LogP contribution in [0.4, 0.5) is 11.5 Å². The van der Waals surface area contributed by atoms with Gasteiger partial charge in [-0.1, -0.05) is 72.8 Å². The van der Waals surface area contributed by atoms with Crippen molar-refractivity contribution in [3.8, 4) is 0 Å². The highest BCUT2D eigenvalue weighted by molar-refractivity contribution is 6.28. The molecule has 0 fully saturated rings. The number of nitrogens with one attached hydrogen (secondary N) is 1. The van der Waals surface area contributed by atoms with E-state index in [9.17, 15) is 0 Å². The Hall–Kier alpha value is -3.21. The quantitative estimate of drug-likeness (QED) is 0.305. The SMILES string of the molecule is Cc1cccc(Nc2nc(Cl)nc3c2CC(N(Cc2ccccc2)Cc2ccccc2)CC3)c1. The number of aryl methyl sites for hydroxylation is 2. The van der Waals surface area contributed by atoms with Crippen molar-refractivity contribution in [2.45, 2.75) is 45.3 Å². The van der Waals surface area contributed by atoms with Gasteiger partial charge in [0.1, 0.15) is 5.82 Å². The second-order valence-electron chi connectivity index (χ2n) is 9.03. The molecule has 0 bridgehead atoms. The van der Waals surface area contributed by atoms with Gasteiger partial charge in [-0.3, -0.25) is 4.90 Å². The summed E-state index contributed by atoms with van der Waals surface area (Å²) in [4.78, 5) is 11.8. The molecule has 4 nitrogen and oxygen atoms in total. The highest BCUT2D eigenvalue weighted by Crippen LogP contribution is 2.32. The minimum atomic E-state index is 0.304. The molecule has 0 radical (unpaired) electrons. The van der Waals surface area contributed by atoms with Gasteiger partial charge in [0.25, 0.3) is 0 Å². The van der Waals surface area contributed by atoms with Crippen molar-refractivity contribution < 1.29 is 0 Å². The molecule has 1 heterocycles. The first-order valence-corrected chi connectivity index (χ1v) is 12.2. The molecule has 1 aromatic heterocycles. The van der Waals surface area contributed by atoms with Crippen LogP contribution in [0.5, 0.6) is 0 Å². The fourth-order valence-corrected chi connectivity index (χ4v) is 4.97. The third kappa shape index (κ3) is 5.46. The second-order valence-corrected chi connectivity index (χ2v) is 9.37. The van der Waals surface area contributed by atoms with Gasteiger partial charge in [0.2, 0.25) is 5.28 Å². The molecule has 1 aliphatic carbocycles. The lowest BCUT2D eigenvalue weighted by Gasteiger charge is -2.35. The van der Waals surface area contributed by atoms with E-state index in [1.807, 2.05) is 0 Å². The number of benzene rings is 3. The van der Waals surface area contributed by atoms with Crippen LogP contribution in [0.15, 0.2) is 84.9 Å². The molecule has 4 aromatic rings. The molecule has 34 heavy (non-hydrogen) atoms. The summed E-state index contributed by atoms with van der Waals surface area (Å²) in [5.41, 5.74) is 7.11. The van der Waals surface area contributed by atoms with E-state index < -0.39 is 0 Å². The van der Waals surface area contributed by atoms with Crippen molar-refractivity contribution >= 4 is 23.1 Å². The molecule has 172 valence electrons. The molecule has 0 aliphatic heterocycles. The van der Waals surface area contributed by atoms with Gasteiger partial charge in [-0.15, -0.1) is 0 Å². The van der Waals surface area contributed by atoms with Crippen LogP contribution < -0.4 is 5.32 Å². The number of hydrogen-bond acceptors (Lipinski definition) is 4. The highest BCUT2D eigenvalue weighted by atomic mass is 35.5. The molecule has 0 amide bonds. The maximum absolute atomic E-state index is 6.32. The topological polar surface area (TPSA) is 41.1 Å². The van der Waals surface area contributed by atoms with Crippen LogP contribution in [0.3, 0.4) is 0 Å². The number of nitrogens with zero attached hydrogens (tertiary/aromatic N) is 3. The van der Waals surface area contributed by atoms with Gasteiger partial charge >= 0.3 is 0 Å². The summed E-state index contributed by atoms with van der Waals surface area (Å²) in [6.07, 6.45) is 2.83. The average molecular weight is 469 g/mol. The van der Waals surface area contributed by atoms with Crippen molar-refractivity contribution in [2.75, 3.05) is 5.32 Å². The largest absolute Gasteiger partial charge is 0.340 e. The molecule has 0 saturated carbocycles. The Morgan fingerprint density at radius 1 is 0.882 bits per heavy atom. The van der Waals surface area contributed by atoms with Crippen LogP contribution in [-0.2, 0) is 25.9 Å². The van der Waals surface area contributed by atoms with Crippen molar-refractivity contribution in [3.05, 3.63) is 118 Å². The van der Waals surface area contributed by atoms with E-state index >= 15 is 0 Å². The Labute approximate surface area is 206 Å². The maximum atomic E-state index is 6.32. The van der Waals surface area contributed by atoms with E-state index in [-0.39, 0.29) is 0 Å². The van der Waals surface area contributed by atoms with Crippen molar-refractivity contribution in [1.82, 2.24) is 14.9 Å². The molecule has 1 N–H and O–H groups in total. The number of hydrogen-bond donors (Lipinski definition) is 1. The number of rotatable bonds is 7. The van der Waals surface area contributed by atoms with Crippen molar-refractivity contribution in [3.63, 3.8) is 0 Å². The molecule has 5 heteroatoms. The molecular weight excluding hydrogens is 440 g/mol. The van der Waals surface area contributed by atoms with Gasteiger partial charge in [0.05, 0.1) is 5.69 Å². The van der Waals surface area contributed by atoms with Gasteiger partial charge < -0.3 is 5.32 Å². The number of fused-ring (bicyclic) bond motifs is 1.